The minimum atomic E-state index is -0.686. The highest BCUT2D eigenvalue weighted by molar-refractivity contribution is 6.07. The molecule has 0 radical (unpaired) electrons. The number of aliphatic carboxylic acids is 1. The first-order valence-corrected chi connectivity index (χ1v) is 12.3. The van der Waals surface area contributed by atoms with Gasteiger partial charge in [0.05, 0.1) is 0 Å². The maximum absolute atomic E-state index is 12.8. The average molecular weight is 472 g/mol. The number of amides is 1. The second-order valence-electron chi connectivity index (χ2n) is 9.67. The maximum atomic E-state index is 12.8. The van der Waals surface area contributed by atoms with Crippen molar-refractivity contribution in [3.05, 3.63) is 83.8 Å². The summed E-state index contributed by atoms with van der Waals surface area (Å²) in [6.45, 7) is 2.63. The lowest BCUT2D eigenvalue weighted by Crippen LogP contribution is -3.11. The van der Waals surface area contributed by atoms with Crippen LogP contribution in [0.3, 0.4) is 0 Å². The number of rotatable bonds is 6. The van der Waals surface area contributed by atoms with Crippen LogP contribution in [-0.2, 0) is 9.59 Å². The van der Waals surface area contributed by atoms with E-state index in [9.17, 15) is 9.59 Å². The van der Waals surface area contributed by atoms with E-state index in [-0.39, 0.29) is 5.91 Å². The molecule has 35 heavy (non-hydrogen) atoms. The molecule has 1 saturated carbocycles. The highest BCUT2D eigenvalue weighted by Crippen LogP contribution is 2.37. The third-order valence-corrected chi connectivity index (χ3v) is 7.27. The Morgan fingerprint density at radius 1 is 1.09 bits per heavy atom. The van der Waals surface area contributed by atoms with Gasteiger partial charge in [-0.3, -0.25) is 14.5 Å². The summed E-state index contributed by atoms with van der Waals surface area (Å²) in [5, 5.41) is 12.0. The lowest BCUT2D eigenvalue weighted by atomic mass is 9.77. The van der Waals surface area contributed by atoms with E-state index in [0.717, 1.165) is 53.4 Å². The topological polar surface area (TPSA) is 86.4 Å². The molecule has 3 N–H and O–H groups in total. The Hall–Kier alpha value is -3.71. The van der Waals surface area contributed by atoms with Gasteiger partial charge in [0.1, 0.15) is 6.20 Å². The molecular weight excluding hydrogens is 440 g/mol. The van der Waals surface area contributed by atoms with Gasteiger partial charge >= 0.3 is 5.97 Å². The smallest absolute Gasteiger partial charge is 0.303 e. The molecule has 0 spiro atoms. The van der Waals surface area contributed by atoms with Gasteiger partial charge in [-0.05, 0) is 73.8 Å². The van der Waals surface area contributed by atoms with Crippen LogP contribution in [0.15, 0.2) is 77.7 Å². The van der Waals surface area contributed by atoms with Crippen LogP contribution in [-0.4, -0.2) is 29.5 Å². The summed E-state index contributed by atoms with van der Waals surface area (Å²) in [7, 11) is 0. The van der Waals surface area contributed by atoms with Crippen molar-refractivity contribution in [2.45, 2.75) is 44.9 Å². The maximum Gasteiger partial charge on any atom is 0.303 e. The first kappa shape index (κ1) is 23.1. The SMILES string of the molecule is Cc1ccccc1NC(=O)C1=C[NH+]2CN(c3ccc(C4CCC(CC(=O)O)CC4)cc3)C=CC2=N1. The van der Waals surface area contributed by atoms with Crippen LogP contribution in [0.1, 0.15) is 49.1 Å². The number of carboxylic acids is 1. The second-order valence-corrected chi connectivity index (χ2v) is 9.67. The molecule has 1 unspecified atom stereocenters. The zero-order valence-electron chi connectivity index (χ0n) is 19.9. The monoisotopic (exact) mass is 471 g/mol. The molecule has 1 amide bonds. The average Bonchev–Trinajstić information content (AvgIpc) is 3.29. The summed E-state index contributed by atoms with van der Waals surface area (Å²) in [5.74, 6) is 0.778. The Bertz CT molecular complexity index is 1210. The quantitative estimate of drug-likeness (QED) is 0.598. The predicted octanol–water partition coefficient (Wildman–Crippen LogP) is 3.81. The Kier molecular flexibility index (Phi) is 6.51. The van der Waals surface area contributed by atoms with E-state index < -0.39 is 5.97 Å². The van der Waals surface area contributed by atoms with E-state index in [0.29, 0.717) is 30.6 Å². The number of aliphatic imine (C=N–C) groups is 1. The van der Waals surface area contributed by atoms with E-state index in [2.05, 4.69) is 39.5 Å². The van der Waals surface area contributed by atoms with Gasteiger partial charge in [0, 0.05) is 30.1 Å². The number of carbonyl (C=O) groups is 2. The van der Waals surface area contributed by atoms with Gasteiger partial charge in [-0.2, -0.15) is 4.99 Å². The zero-order chi connectivity index (χ0) is 24.4. The molecule has 0 bridgehead atoms. The van der Waals surface area contributed by atoms with Crippen molar-refractivity contribution in [3.8, 4) is 0 Å². The van der Waals surface area contributed by atoms with Crippen LogP contribution in [0.2, 0.25) is 0 Å². The Morgan fingerprint density at radius 2 is 1.83 bits per heavy atom. The van der Waals surface area contributed by atoms with Gasteiger partial charge < -0.3 is 10.4 Å². The molecule has 2 aromatic carbocycles. The Morgan fingerprint density at radius 3 is 2.54 bits per heavy atom. The van der Waals surface area contributed by atoms with Gasteiger partial charge in [0.2, 0.25) is 5.84 Å². The molecule has 3 aliphatic rings. The fourth-order valence-electron chi connectivity index (χ4n) is 5.22. The van der Waals surface area contributed by atoms with Crippen molar-refractivity contribution in [1.29, 1.82) is 0 Å². The minimum Gasteiger partial charge on any atom is -0.481 e. The lowest BCUT2D eigenvalue weighted by Gasteiger charge is -2.29. The van der Waals surface area contributed by atoms with Crippen molar-refractivity contribution in [2.24, 2.45) is 10.9 Å². The first-order valence-electron chi connectivity index (χ1n) is 12.3. The van der Waals surface area contributed by atoms with E-state index >= 15 is 0 Å². The third kappa shape index (κ3) is 5.20. The molecule has 2 aliphatic heterocycles. The number of nitrogens with one attached hydrogen (secondary N) is 2. The fourth-order valence-corrected chi connectivity index (χ4v) is 5.22. The van der Waals surface area contributed by atoms with E-state index in [4.69, 9.17) is 5.11 Å². The number of benzene rings is 2. The molecule has 1 aliphatic carbocycles. The zero-order valence-corrected chi connectivity index (χ0v) is 19.9. The number of carboxylic acid groups (broad SMARTS) is 1. The fraction of sp³-hybridized carbons (Fsp3) is 0.321. The molecule has 7 nitrogen and oxygen atoms in total. The van der Waals surface area contributed by atoms with E-state index in [1.54, 1.807) is 0 Å². The molecule has 2 aromatic rings. The van der Waals surface area contributed by atoms with Crippen LogP contribution in [0, 0.1) is 12.8 Å². The molecule has 180 valence electrons. The third-order valence-electron chi connectivity index (χ3n) is 7.27. The highest BCUT2D eigenvalue weighted by atomic mass is 16.4. The van der Waals surface area contributed by atoms with Crippen LogP contribution in [0.4, 0.5) is 11.4 Å². The van der Waals surface area contributed by atoms with Crippen LogP contribution >= 0.6 is 0 Å². The van der Waals surface area contributed by atoms with Crippen molar-refractivity contribution in [3.63, 3.8) is 0 Å². The van der Waals surface area contributed by atoms with Crippen LogP contribution < -0.4 is 15.1 Å². The van der Waals surface area contributed by atoms with E-state index in [1.807, 2.05) is 49.7 Å². The van der Waals surface area contributed by atoms with Crippen LogP contribution in [0.25, 0.3) is 0 Å². The van der Waals surface area contributed by atoms with Gasteiger partial charge in [-0.15, -0.1) is 0 Å². The van der Waals surface area contributed by atoms with Crippen molar-refractivity contribution >= 4 is 29.1 Å². The van der Waals surface area contributed by atoms with Crippen LogP contribution in [0.5, 0.6) is 0 Å². The number of nitrogens with zero attached hydrogens (tertiary/aromatic N) is 2. The van der Waals surface area contributed by atoms with Crippen molar-refractivity contribution < 1.29 is 19.6 Å². The molecular formula is C28H31N4O3+. The summed E-state index contributed by atoms with van der Waals surface area (Å²) in [6, 6.07) is 16.4. The van der Waals surface area contributed by atoms with Crippen molar-refractivity contribution in [2.75, 3.05) is 16.9 Å². The normalized spacial score (nSPS) is 23.3. The number of carbonyl (C=O) groups excluding carboxylic acids is 1. The van der Waals surface area contributed by atoms with Gasteiger partial charge in [0.15, 0.2) is 12.4 Å². The highest BCUT2D eigenvalue weighted by Gasteiger charge is 2.30. The minimum absolute atomic E-state index is 0.198. The first-order chi connectivity index (χ1) is 17.0. The van der Waals surface area contributed by atoms with E-state index in [1.165, 1.54) is 5.56 Å². The summed E-state index contributed by atoms with van der Waals surface area (Å²) < 4.78 is 0. The Balaban J connectivity index is 1.20. The predicted molar refractivity (Wildman–Crippen MR) is 136 cm³/mol. The molecule has 0 saturated heterocycles. The van der Waals surface area contributed by atoms with Gasteiger partial charge in [0.25, 0.3) is 5.91 Å². The molecule has 2 heterocycles. The number of quaternary nitrogens is 1. The van der Waals surface area contributed by atoms with Gasteiger partial charge in [-0.1, -0.05) is 30.3 Å². The second kappa shape index (κ2) is 9.88. The summed E-state index contributed by atoms with van der Waals surface area (Å²) in [5.41, 5.74) is 4.67. The molecule has 5 rings (SSSR count). The molecule has 1 atom stereocenters. The van der Waals surface area contributed by atoms with Gasteiger partial charge in [-0.25, -0.2) is 4.90 Å². The molecule has 0 aromatic heterocycles. The number of anilines is 2. The largest absolute Gasteiger partial charge is 0.481 e. The Labute approximate surface area is 205 Å². The summed E-state index contributed by atoms with van der Waals surface area (Å²) >= 11 is 0. The number of hydrogen-bond acceptors (Lipinski definition) is 4. The lowest BCUT2D eigenvalue weighted by molar-refractivity contribution is -0.742. The van der Waals surface area contributed by atoms with Crippen molar-refractivity contribution in [1.82, 2.24) is 0 Å². The standard InChI is InChI=1S/C28H30N4O3/c1-19-4-2-3-5-24(19)30-28(35)25-17-32-18-31(15-14-26(32)29-25)23-12-10-22(11-13-23)21-8-6-20(7-9-21)16-27(33)34/h2-5,10-15,17,20-21H,6-9,16,18H2,1H3,(H,30,35)(H,33,34)/p+1. The molecule has 1 fully saturated rings. The number of fused-ring (bicyclic) bond motifs is 1. The number of hydrogen-bond donors (Lipinski definition) is 3. The summed E-state index contributed by atoms with van der Waals surface area (Å²) in [4.78, 5) is 31.5. The number of para-hydroxylation sites is 1. The molecule has 7 heteroatoms. The number of amidine groups is 1. The summed E-state index contributed by atoms with van der Waals surface area (Å²) in [6.07, 6.45) is 10.2. The number of aryl methyl sites for hydroxylation is 1.